The number of rotatable bonds is 5. The first kappa shape index (κ1) is 17.8. The van der Waals surface area contributed by atoms with E-state index in [4.69, 9.17) is 0 Å². The van der Waals surface area contributed by atoms with Gasteiger partial charge in [0.15, 0.2) is 9.84 Å². The molecule has 0 aliphatic carbocycles. The van der Waals surface area contributed by atoms with Crippen LogP contribution in [-0.4, -0.2) is 41.8 Å². The van der Waals surface area contributed by atoms with E-state index >= 15 is 0 Å². The highest BCUT2D eigenvalue weighted by Gasteiger charge is 2.34. The molecule has 3 rings (SSSR count). The number of sulfone groups is 1. The molecular formula is C18H20N2O3S2. The molecule has 1 aliphatic rings. The Morgan fingerprint density at radius 2 is 2.12 bits per heavy atom. The van der Waals surface area contributed by atoms with Crippen molar-refractivity contribution >= 4 is 33.2 Å². The number of aromatic nitrogens is 1. The molecule has 1 amide bonds. The molecule has 0 saturated carbocycles. The van der Waals surface area contributed by atoms with Crippen LogP contribution in [-0.2, 0) is 21.2 Å². The van der Waals surface area contributed by atoms with Crippen LogP contribution in [0.2, 0.25) is 0 Å². The van der Waals surface area contributed by atoms with Crippen molar-refractivity contribution in [2.45, 2.75) is 25.9 Å². The third kappa shape index (κ3) is 4.76. The molecule has 0 radical (unpaired) electrons. The highest BCUT2D eigenvalue weighted by Crippen LogP contribution is 2.21. The van der Waals surface area contributed by atoms with Gasteiger partial charge in [0.2, 0.25) is 5.91 Å². The summed E-state index contributed by atoms with van der Waals surface area (Å²) in [6.45, 7) is 2.31. The maximum atomic E-state index is 12.7. The van der Waals surface area contributed by atoms with Gasteiger partial charge in [-0.15, -0.1) is 11.3 Å². The van der Waals surface area contributed by atoms with E-state index in [0.29, 0.717) is 13.0 Å². The number of carbonyl (C=O) groups is 1. The van der Waals surface area contributed by atoms with Crippen molar-refractivity contribution in [2.75, 3.05) is 11.5 Å². The number of carbonyl (C=O) groups excluding carboxylic acids is 1. The predicted octanol–water partition coefficient (Wildman–Crippen LogP) is 2.68. The lowest BCUT2D eigenvalue weighted by molar-refractivity contribution is -0.128. The fourth-order valence-electron chi connectivity index (χ4n) is 2.90. The molecule has 0 N–H and O–H groups in total. The molecule has 1 unspecified atom stereocenters. The van der Waals surface area contributed by atoms with Crippen LogP contribution < -0.4 is 0 Å². The third-order valence-electron chi connectivity index (χ3n) is 4.16. The van der Waals surface area contributed by atoms with Gasteiger partial charge in [-0.05, 0) is 25.0 Å². The third-order valence-corrected chi connectivity index (χ3v) is 6.70. The number of benzene rings is 1. The van der Waals surface area contributed by atoms with E-state index in [1.54, 1.807) is 11.0 Å². The molecule has 1 aromatic heterocycles. The molecule has 0 bridgehead atoms. The second kappa shape index (κ2) is 7.49. The van der Waals surface area contributed by atoms with Gasteiger partial charge in [-0.3, -0.25) is 4.79 Å². The summed E-state index contributed by atoms with van der Waals surface area (Å²) < 4.78 is 23.7. The number of nitrogens with zero attached hydrogens (tertiary/aromatic N) is 2. The fraction of sp³-hybridized carbons (Fsp3) is 0.333. The summed E-state index contributed by atoms with van der Waals surface area (Å²) >= 11 is 1.53. The summed E-state index contributed by atoms with van der Waals surface area (Å²) in [5.41, 5.74) is 1.73. The zero-order valence-electron chi connectivity index (χ0n) is 14.0. The normalized spacial score (nSPS) is 19.3. The van der Waals surface area contributed by atoms with Crippen molar-refractivity contribution in [2.24, 2.45) is 0 Å². The number of hydrogen-bond acceptors (Lipinski definition) is 5. The summed E-state index contributed by atoms with van der Waals surface area (Å²) in [6, 6.07) is 9.35. The Morgan fingerprint density at radius 1 is 1.36 bits per heavy atom. The lowest BCUT2D eigenvalue weighted by atomic mass is 10.1. The van der Waals surface area contributed by atoms with Gasteiger partial charge in [0, 0.05) is 24.0 Å². The number of amides is 1. The minimum atomic E-state index is -3.06. The number of hydrogen-bond donors (Lipinski definition) is 0. The van der Waals surface area contributed by atoms with Crippen LogP contribution in [0, 0.1) is 6.92 Å². The largest absolute Gasteiger partial charge is 0.331 e. The van der Waals surface area contributed by atoms with Gasteiger partial charge >= 0.3 is 0 Å². The Morgan fingerprint density at radius 3 is 2.72 bits per heavy atom. The summed E-state index contributed by atoms with van der Waals surface area (Å²) in [6.07, 6.45) is 3.67. The van der Waals surface area contributed by atoms with Crippen LogP contribution in [0.3, 0.4) is 0 Å². The van der Waals surface area contributed by atoms with E-state index in [2.05, 4.69) is 4.98 Å². The van der Waals surface area contributed by atoms with Crippen LogP contribution in [0.5, 0.6) is 0 Å². The van der Waals surface area contributed by atoms with Gasteiger partial charge in [0.25, 0.3) is 0 Å². The van der Waals surface area contributed by atoms with Crippen molar-refractivity contribution in [3.05, 3.63) is 58.1 Å². The van der Waals surface area contributed by atoms with Gasteiger partial charge in [-0.1, -0.05) is 30.3 Å². The molecule has 1 fully saturated rings. The van der Waals surface area contributed by atoms with E-state index in [1.807, 2.05) is 42.6 Å². The molecule has 1 aromatic carbocycles. The maximum Gasteiger partial charge on any atom is 0.247 e. The van der Waals surface area contributed by atoms with Crippen LogP contribution in [0.15, 0.2) is 41.8 Å². The second-order valence-electron chi connectivity index (χ2n) is 6.13. The smallest absolute Gasteiger partial charge is 0.247 e. The topological polar surface area (TPSA) is 67.3 Å². The zero-order valence-corrected chi connectivity index (χ0v) is 15.6. The Labute approximate surface area is 151 Å². The van der Waals surface area contributed by atoms with Crippen LogP contribution in [0.4, 0.5) is 0 Å². The molecule has 1 saturated heterocycles. The van der Waals surface area contributed by atoms with Gasteiger partial charge in [0.05, 0.1) is 22.2 Å². The van der Waals surface area contributed by atoms with E-state index in [0.717, 1.165) is 16.3 Å². The molecular weight excluding hydrogens is 356 g/mol. The average Bonchev–Trinajstić information content (AvgIpc) is 3.16. The average molecular weight is 377 g/mol. The lowest BCUT2D eigenvalue weighted by Crippen LogP contribution is -2.39. The highest BCUT2D eigenvalue weighted by molar-refractivity contribution is 7.91. The molecule has 132 valence electrons. The van der Waals surface area contributed by atoms with E-state index in [1.165, 1.54) is 17.4 Å². The first-order valence-electron chi connectivity index (χ1n) is 8.08. The Bertz CT molecular complexity index is 873. The molecule has 5 nitrogen and oxygen atoms in total. The second-order valence-corrected chi connectivity index (χ2v) is 9.42. The first-order chi connectivity index (χ1) is 11.9. The Kier molecular flexibility index (Phi) is 5.34. The molecule has 7 heteroatoms. The van der Waals surface area contributed by atoms with E-state index in [-0.39, 0.29) is 23.5 Å². The first-order valence-corrected chi connectivity index (χ1v) is 10.8. The zero-order chi connectivity index (χ0) is 17.9. The van der Waals surface area contributed by atoms with Crippen molar-refractivity contribution in [1.82, 2.24) is 9.88 Å². The van der Waals surface area contributed by atoms with Crippen LogP contribution in [0.1, 0.15) is 22.7 Å². The van der Waals surface area contributed by atoms with Crippen molar-refractivity contribution in [1.29, 1.82) is 0 Å². The predicted molar refractivity (Wildman–Crippen MR) is 99.9 cm³/mol. The van der Waals surface area contributed by atoms with Gasteiger partial charge in [-0.2, -0.15) is 0 Å². The maximum absolute atomic E-state index is 12.7. The highest BCUT2D eigenvalue weighted by atomic mass is 32.2. The lowest BCUT2D eigenvalue weighted by Gasteiger charge is -2.27. The van der Waals surface area contributed by atoms with Crippen molar-refractivity contribution in [3.63, 3.8) is 0 Å². The molecule has 2 aromatic rings. The standard InChI is InChI=1S/C18H20N2O3S2/c1-14-19-16(12-24-14)7-8-18(21)20(11-15-5-3-2-4-6-15)17-9-10-25(22,23)13-17/h2-8,12,17H,9-11,13H2,1H3. The van der Waals surface area contributed by atoms with Gasteiger partial charge < -0.3 is 4.90 Å². The molecule has 2 heterocycles. The van der Waals surface area contributed by atoms with E-state index in [9.17, 15) is 13.2 Å². The summed E-state index contributed by atoms with van der Waals surface area (Å²) in [5.74, 6) is -0.00269. The van der Waals surface area contributed by atoms with Gasteiger partial charge in [-0.25, -0.2) is 13.4 Å². The number of thiazole rings is 1. The fourth-order valence-corrected chi connectivity index (χ4v) is 5.21. The molecule has 1 atom stereocenters. The van der Waals surface area contributed by atoms with Crippen LogP contribution in [0.25, 0.3) is 6.08 Å². The molecule has 1 aliphatic heterocycles. The Hall–Kier alpha value is -1.99. The molecule has 25 heavy (non-hydrogen) atoms. The summed E-state index contributed by atoms with van der Waals surface area (Å²) in [7, 11) is -3.06. The summed E-state index contributed by atoms with van der Waals surface area (Å²) in [4.78, 5) is 18.7. The van der Waals surface area contributed by atoms with E-state index < -0.39 is 9.84 Å². The Balaban J connectivity index is 1.80. The minimum absolute atomic E-state index is 0.0369. The number of aryl methyl sites for hydroxylation is 1. The van der Waals surface area contributed by atoms with Gasteiger partial charge in [0.1, 0.15) is 0 Å². The van der Waals surface area contributed by atoms with Crippen molar-refractivity contribution in [3.8, 4) is 0 Å². The SMILES string of the molecule is Cc1nc(C=CC(=O)N(Cc2ccccc2)C2CCS(=O)(=O)C2)cs1. The van der Waals surface area contributed by atoms with Crippen LogP contribution >= 0.6 is 11.3 Å². The monoisotopic (exact) mass is 376 g/mol. The molecule has 0 spiro atoms. The van der Waals surface area contributed by atoms with Crippen molar-refractivity contribution < 1.29 is 13.2 Å². The quantitative estimate of drug-likeness (QED) is 0.753. The summed E-state index contributed by atoms with van der Waals surface area (Å²) in [5, 5.41) is 2.83. The minimum Gasteiger partial charge on any atom is -0.331 e.